The van der Waals surface area contributed by atoms with Gasteiger partial charge in [-0.3, -0.25) is 9.59 Å². The molecule has 1 heterocycles. The molecule has 1 amide bonds. The number of hydrogen-bond donors (Lipinski definition) is 3. The molecule has 0 aliphatic carbocycles. The van der Waals surface area contributed by atoms with E-state index in [4.69, 9.17) is 24.1 Å². The monoisotopic (exact) mass is 457 g/mol. The summed E-state index contributed by atoms with van der Waals surface area (Å²) in [6, 6.07) is 8.17. The summed E-state index contributed by atoms with van der Waals surface area (Å²) >= 11 is 0. The molecular weight excluding hydrogens is 434 g/mol. The van der Waals surface area contributed by atoms with Gasteiger partial charge in [0.1, 0.15) is 11.5 Å². The van der Waals surface area contributed by atoms with Crippen LogP contribution in [-0.4, -0.2) is 60.8 Å². The van der Waals surface area contributed by atoms with Gasteiger partial charge in [0, 0.05) is 6.07 Å². The number of hydrogen-bond acceptors (Lipinski definition) is 8. The average Bonchev–Trinajstić information content (AvgIpc) is 3.09. The van der Waals surface area contributed by atoms with Crippen molar-refractivity contribution in [2.24, 2.45) is 0 Å². The Morgan fingerprint density at radius 1 is 1.12 bits per heavy atom. The summed E-state index contributed by atoms with van der Waals surface area (Å²) < 4.78 is 21.5. The maximum absolute atomic E-state index is 12.7. The minimum Gasteiger partial charge on any atom is -0.493 e. The first-order valence-corrected chi connectivity index (χ1v) is 9.86. The zero-order valence-electron chi connectivity index (χ0n) is 18.2. The number of aliphatic hydroxyl groups is 1. The third-order valence-electron chi connectivity index (χ3n) is 4.78. The maximum Gasteiger partial charge on any atom is 0.328 e. The number of methoxy groups -OCH3 is 2. The Bertz CT molecular complexity index is 1110. The van der Waals surface area contributed by atoms with Crippen LogP contribution in [0, 0.1) is 0 Å². The van der Waals surface area contributed by atoms with E-state index >= 15 is 0 Å². The Labute approximate surface area is 189 Å². The van der Waals surface area contributed by atoms with Gasteiger partial charge in [-0.15, -0.1) is 0 Å². The largest absolute Gasteiger partial charge is 0.493 e. The number of carboxylic acid groups (broad SMARTS) is 1. The summed E-state index contributed by atoms with van der Waals surface area (Å²) in [6.07, 6.45) is 0.294. The van der Waals surface area contributed by atoms with Crippen molar-refractivity contribution in [3.8, 4) is 23.0 Å². The second-order valence-electron chi connectivity index (χ2n) is 7.12. The molecule has 0 spiro atoms. The van der Waals surface area contributed by atoms with E-state index in [1.165, 1.54) is 39.3 Å². The summed E-state index contributed by atoms with van der Waals surface area (Å²) in [5, 5.41) is 20.6. The highest BCUT2D eigenvalue weighted by Gasteiger charge is 2.28. The fourth-order valence-electron chi connectivity index (χ4n) is 3.10. The van der Waals surface area contributed by atoms with Crippen LogP contribution in [-0.2, 0) is 9.59 Å². The number of allylic oxidation sites excluding steroid dienone is 1. The molecule has 10 nitrogen and oxygen atoms in total. The predicted octanol–water partition coefficient (Wildman–Crippen LogP) is 1.65. The van der Waals surface area contributed by atoms with Crippen LogP contribution in [0.15, 0.2) is 42.2 Å². The number of amides is 1. The lowest BCUT2D eigenvalue weighted by Gasteiger charge is -2.17. The number of aliphatic carboxylic acids is 1. The number of benzene rings is 2. The number of Topliss-reactive ketones (excluding diaryl/α,β-unsaturated/α-hetero) is 1. The Morgan fingerprint density at radius 3 is 2.48 bits per heavy atom. The van der Waals surface area contributed by atoms with Crippen molar-refractivity contribution < 1.29 is 43.5 Å². The molecule has 0 unspecified atom stereocenters. The molecule has 0 bridgehead atoms. The van der Waals surface area contributed by atoms with Gasteiger partial charge >= 0.3 is 5.97 Å². The standard InChI is InChI=1S/C23H23NO9/c1-12(25)21(23(28)29)24-20(26)11-32-14-5-6-15-17(10-14)33-19(22(15)27)9-13-4-7-16(30-2)18(8-13)31-3/h4-10,12,21,25H,11H2,1-3H3,(H,24,26)(H,28,29)/b19-9-/t12-,21+/m0/s1. The predicted molar refractivity (Wildman–Crippen MR) is 116 cm³/mol. The summed E-state index contributed by atoms with van der Waals surface area (Å²) in [5.74, 6) is -0.741. The first kappa shape index (κ1) is 23.6. The van der Waals surface area contributed by atoms with Gasteiger partial charge in [-0.1, -0.05) is 6.07 Å². The molecule has 174 valence electrons. The van der Waals surface area contributed by atoms with Crippen molar-refractivity contribution in [1.29, 1.82) is 0 Å². The lowest BCUT2D eigenvalue weighted by Crippen LogP contribution is -2.49. The fourth-order valence-corrected chi connectivity index (χ4v) is 3.10. The smallest absolute Gasteiger partial charge is 0.328 e. The van der Waals surface area contributed by atoms with Crippen LogP contribution in [0.25, 0.3) is 6.08 Å². The fraction of sp³-hybridized carbons (Fsp3) is 0.261. The first-order chi connectivity index (χ1) is 15.7. The van der Waals surface area contributed by atoms with Crippen LogP contribution in [0.3, 0.4) is 0 Å². The lowest BCUT2D eigenvalue weighted by molar-refractivity contribution is -0.145. The maximum atomic E-state index is 12.7. The number of ether oxygens (including phenoxy) is 4. The van der Waals surface area contributed by atoms with Crippen molar-refractivity contribution in [3.63, 3.8) is 0 Å². The van der Waals surface area contributed by atoms with Gasteiger partial charge in [-0.05, 0) is 42.8 Å². The number of carbonyl (C=O) groups is 3. The summed E-state index contributed by atoms with van der Waals surface area (Å²) in [5.41, 5.74) is 1.00. The Kier molecular flexibility index (Phi) is 7.19. The Balaban J connectivity index is 1.69. The van der Waals surface area contributed by atoms with E-state index in [0.717, 1.165) is 0 Å². The van der Waals surface area contributed by atoms with Gasteiger partial charge in [-0.2, -0.15) is 0 Å². The lowest BCUT2D eigenvalue weighted by atomic mass is 10.1. The van der Waals surface area contributed by atoms with E-state index in [9.17, 15) is 19.5 Å². The molecule has 2 atom stereocenters. The highest BCUT2D eigenvalue weighted by Crippen LogP contribution is 2.36. The van der Waals surface area contributed by atoms with Gasteiger partial charge in [0.05, 0.1) is 25.9 Å². The summed E-state index contributed by atoms with van der Waals surface area (Å²) in [7, 11) is 3.03. The minimum absolute atomic E-state index is 0.105. The molecule has 2 aromatic carbocycles. The van der Waals surface area contributed by atoms with Crippen molar-refractivity contribution >= 4 is 23.7 Å². The number of ketones is 1. The van der Waals surface area contributed by atoms with Gasteiger partial charge in [0.15, 0.2) is 29.9 Å². The zero-order chi connectivity index (χ0) is 24.1. The van der Waals surface area contributed by atoms with Gasteiger partial charge in [0.2, 0.25) is 5.78 Å². The van der Waals surface area contributed by atoms with Crippen LogP contribution in [0.5, 0.6) is 23.0 Å². The van der Waals surface area contributed by atoms with Gasteiger partial charge < -0.3 is 34.5 Å². The molecule has 3 N–H and O–H groups in total. The normalized spacial score (nSPS) is 15.3. The van der Waals surface area contributed by atoms with Crippen LogP contribution < -0.4 is 24.3 Å². The molecule has 33 heavy (non-hydrogen) atoms. The molecule has 0 aromatic heterocycles. The van der Waals surface area contributed by atoms with Gasteiger partial charge in [0.25, 0.3) is 5.91 Å². The number of fused-ring (bicyclic) bond motifs is 1. The molecule has 10 heteroatoms. The summed E-state index contributed by atoms with van der Waals surface area (Å²) in [4.78, 5) is 35.7. The zero-order valence-corrected chi connectivity index (χ0v) is 18.2. The molecule has 1 aliphatic rings. The van der Waals surface area contributed by atoms with Gasteiger partial charge in [-0.25, -0.2) is 4.79 Å². The van der Waals surface area contributed by atoms with Crippen LogP contribution in [0.1, 0.15) is 22.8 Å². The first-order valence-electron chi connectivity index (χ1n) is 9.86. The van der Waals surface area contributed by atoms with Crippen molar-refractivity contribution in [2.75, 3.05) is 20.8 Å². The van der Waals surface area contributed by atoms with E-state index in [0.29, 0.717) is 22.6 Å². The quantitative estimate of drug-likeness (QED) is 0.479. The second kappa shape index (κ2) is 10.0. The molecule has 0 saturated carbocycles. The van der Waals surface area contributed by atoms with E-state index in [1.807, 2.05) is 0 Å². The molecule has 2 aromatic rings. The molecule has 1 aliphatic heterocycles. The van der Waals surface area contributed by atoms with Crippen molar-refractivity contribution in [2.45, 2.75) is 19.1 Å². The number of carbonyl (C=O) groups excluding carboxylic acids is 2. The molecule has 0 fully saturated rings. The van der Waals surface area contributed by atoms with Crippen molar-refractivity contribution in [3.05, 3.63) is 53.3 Å². The van der Waals surface area contributed by atoms with Crippen LogP contribution in [0.2, 0.25) is 0 Å². The van der Waals surface area contributed by atoms with Crippen LogP contribution >= 0.6 is 0 Å². The van der Waals surface area contributed by atoms with E-state index < -0.39 is 30.6 Å². The number of rotatable bonds is 9. The third kappa shape index (κ3) is 5.42. The Hall–Kier alpha value is -4.05. The number of carboxylic acids is 1. The third-order valence-corrected chi connectivity index (χ3v) is 4.78. The average molecular weight is 457 g/mol. The number of nitrogens with one attached hydrogen (secondary N) is 1. The van der Waals surface area contributed by atoms with E-state index in [2.05, 4.69) is 5.32 Å². The SMILES string of the molecule is COc1ccc(/C=C2\Oc3cc(OCC(=O)N[C@@H](C(=O)O)[C@H](C)O)ccc3C2=O)cc1OC. The molecule has 0 radical (unpaired) electrons. The van der Waals surface area contributed by atoms with E-state index in [1.54, 1.807) is 24.3 Å². The minimum atomic E-state index is -1.45. The molecule has 3 rings (SSSR count). The van der Waals surface area contributed by atoms with Crippen molar-refractivity contribution in [1.82, 2.24) is 5.32 Å². The second-order valence-corrected chi connectivity index (χ2v) is 7.12. The number of aliphatic hydroxyl groups excluding tert-OH is 1. The summed E-state index contributed by atoms with van der Waals surface area (Å²) in [6.45, 7) is 0.763. The topological polar surface area (TPSA) is 141 Å². The highest BCUT2D eigenvalue weighted by atomic mass is 16.5. The van der Waals surface area contributed by atoms with E-state index in [-0.39, 0.29) is 23.0 Å². The highest BCUT2D eigenvalue weighted by molar-refractivity contribution is 6.14. The van der Waals surface area contributed by atoms with Crippen LogP contribution in [0.4, 0.5) is 0 Å². The molecule has 0 saturated heterocycles. The Morgan fingerprint density at radius 2 is 1.85 bits per heavy atom. The molecular formula is C23H23NO9.